The van der Waals surface area contributed by atoms with E-state index in [0.29, 0.717) is 35.9 Å². The van der Waals surface area contributed by atoms with Gasteiger partial charge in [-0.1, -0.05) is 32.1 Å². The summed E-state index contributed by atoms with van der Waals surface area (Å²) in [6, 6.07) is 14.0. The van der Waals surface area contributed by atoms with Crippen LogP contribution >= 0.6 is 0 Å². The fraction of sp³-hybridized carbons (Fsp3) is 0.400. The summed E-state index contributed by atoms with van der Waals surface area (Å²) in [6.07, 6.45) is 5.93. The Hall–Kier alpha value is -3.95. The highest BCUT2D eigenvalue weighted by molar-refractivity contribution is 5.96. The number of carbonyl (C=O) groups is 2. The molecule has 3 N–H and O–H groups in total. The van der Waals surface area contributed by atoms with Gasteiger partial charge in [0.05, 0.1) is 0 Å². The number of alkyl halides is 2. The molecule has 0 aliphatic heterocycles. The van der Waals surface area contributed by atoms with Gasteiger partial charge < -0.3 is 25.1 Å². The van der Waals surface area contributed by atoms with Gasteiger partial charge in [-0.3, -0.25) is 9.59 Å². The lowest BCUT2D eigenvalue weighted by atomic mass is 9.84. The number of amides is 2. The van der Waals surface area contributed by atoms with Crippen molar-refractivity contribution in [2.24, 2.45) is 5.92 Å². The number of furan rings is 1. The molecule has 214 valence electrons. The van der Waals surface area contributed by atoms with Gasteiger partial charge in [-0.2, -0.15) is 8.78 Å². The van der Waals surface area contributed by atoms with Crippen molar-refractivity contribution in [3.8, 4) is 17.1 Å². The molecule has 4 rings (SSSR count). The Bertz CT molecular complexity index is 1240. The van der Waals surface area contributed by atoms with Crippen LogP contribution in [-0.2, 0) is 4.79 Å². The highest BCUT2D eigenvalue weighted by Gasteiger charge is 2.28. The molecule has 1 fully saturated rings. The molecule has 0 unspecified atom stereocenters. The summed E-state index contributed by atoms with van der Waals surface area (Å²) >= 11 is 0. The molecule has 1 saturated carbocycles. The Balaban J connectivity index is 1.36. The van der Waals surface area contributed by atoms with Crippen molar-refractivity contribution in [1.29, 1.82) is 0 Å². The van der Waals surface area contributed by atoms with Crippen LogP contribution in [-0.4, -0.2) is 37.1 Å². The third-order valence-corrected chi connectivity index (χ3v) is 6.95. The van der Waals surface area contributed by atoms with Gasteiger partial charge in [0.2, 0.25) is 5.91 Å². The fourth-order valence-electron chi connectivity index (χ4n) is 4.87. The van der Waals surface area contributed by atoms with Crippen molar-refractivity contribution in [2.75, 3.05) is 11.9 Å². The first-order valence-corrected chi connectivity index (χ1v) is 13.5. The molecule has 0 radical (unpaired) electrons. The highest BCUT2D eigenvalue weighted by Crippen LogP contribution is 2.28. The first-order chi connectivity index (χ1) is 19.3. The maximum Gasteiger partial charge on any atom is 0.387 e. The number of anilines is 1. The molecule has 0 saturated heterocycles. The first-order valence-electron chi connectivity index (χ1n) is 13.5. The summed E-state index contributed by atoms with van der Waals surface area (Å²) in [5.74, 6) is -0.281. The third-order valence-electron chi connectivity index (χ3n) is 6.95. The topological polar surface area (TPSA) is 92.6 Å². The van der Waals surface area contributed by atoms with Crippen LogP contribution in [0.15, 0.2) is 65.1 Å². The minimum atomic E-state index is -2.89. The van der Waals surface area contributed by atoms with Gasteiger partial charge in [-0.25, -0.2) is 4.39 Å². The molecule has 10 heteroatoms. The molecular formula is C30H34F3N3O4. The number of ether oxygens (including phenoxy) is 1. The minimum Gasteiger partial charge on any atom is -0.451 e. The molecule has 2 aromatic carbocycles. The van der Waals surface area contributed by atoms with E-state index < -0.39 is 18.6 Å². The van der Waals surface area contributed by atoms with E-state index in [9.17, 15) is 22.8 Å². The first kappa shape index (κ1) is 29.0. The molecule has 1 aliphatic carbocycles. The van der Waals surface area contributed by atoms with Crippen molar-refractivity contribution < 1.29 is 31.9 Å². The van der Waals surface area contributed by atoms with Crippen molar-refractivity contribution in [1.82, 2.24) is 10.6 Å². The van der Waals surface area contributed by atoms with E-state index >= 15 is 0 Å². The molecule has 40 heavy (non-hydrogen) atoms. The second-order valence-electron chi connectivity index (χ2n) is 10.1. The van der Waals surface area contributed by atoms with Crippen molar-refractivity contribution in [2.45, 2.75) is 64.1 Å². The maximum atomic E-state index is 13.3. The summed E-state index contributed by atoms with van der Waals surface area (Å²) in [5.41, 5.74) is 1.32. The summed E-state index contributed by atoms with van der Waals surface area (Å²) in [6.45, 7) is -0.676. The zero-order valence-electron chi connectivity index (χ0n) is 22.3. The number of halogens is 3. The number of rotatable bonds is 12. The number of hydrogen-bond acceptors (Lipinski definition) is 5. The SMILES string of the molecule is C[C@@H](CNc1ccc(OC(F)F)cc1)NC(=O)[C@H](CC1CCCCC1)NC(=O)c1ccc(-c2ccc(F)cc2)o1. The van der Waals surface area contributed by atoms with Gasteiger partial charge >= 0.3 is 6.61 Å². The van der Waals surface area contributed by atoms with Crippen molar-refractivity contribution in [3.63, 3.8) is 0 Å². The van der Waals surface area contributed by atoms with E-state index in [1.807, 2.05) is 6.92 Å². The summed E-state index contributed by atoms with van der Waals surface area (Å²) < 4.78 is 48.0. The van der Waals surface area contributed by atoms with E-state index in [-0.39, 0.29) is 29.3 Å². The van der Waals surface area contributed by atoms with E-state index in [1.165, 1.54) is 36.8 Å². The second kappa shape index (κ2) is 13.9. The van der Waals surface area contributed by atoms with Crippen LogP contribution < -0.4 is 20.7 Å². The van der Waals surface area contributed by atoms with E-state index in [1.54, 1.807) is 30.3 Å². The normalized spacial score (nSPS) is 15.3. The molecule has 1 aliphatic rings. The Labute approximate surface area is 231 Å². The van der Waals surface area contributed by atoms with Crippen molar-refractivity contribution in [3.05, 3.63) is 72.2 Å². The van der Waals surface area contributed by atoms with Gasteiger partial charge in [-0.15, -0.1) is 0 Å². The fourth-order valence-corrected chi connectivity index (χ4v) is 4.87. The lowest BCUT2D eigenvalue weighted by Crippen LogP contribution is -2.51. The number of benzene rings is 2. The Morgan fingerprint density at radius 3 is 2.33 bits per heavy atom. The minimum absolute atomic E-state index is 0.0598. The average Bonchev–Trinajstić information content (AvgIpc) is 3.43. The smallest absolute Gasteiger partial charge is 0.387 e. The van der Waals surface area contributed by atoms with Gasteiger partial charge in [0, 0.05) is 23.8 Å². The van der Waals surface area contributed by atoms with Crippen LogP contribution in [0, 0.1) is 11.7 Å². The zero-order chi connectivity index (χ0) is 28.5. The predicted molar refractivity (Wildman–Crippen MR) is 146 cm³/mol. The van der Waals surface area contributed by atoms with Crippen LogP contribution in [0.4, 0.5) is 18.9 Å². The molecule has 2 amide bonds. The van der Waals surface area contributed by atoms with Gasteiger partial charge in [0.25, 0.3) is 5.91 Å². The number of hydrogen-bond donors (Lipinski definition) is 3. The van der Waals surface area contributed by atoms with E-state index in [0.717, 1.165) is 25.7 Å². The lowest BCUT2D eigenvalue weighted by Gasteiger charge is -2.27. The van der Waals surface area contributed by atoms with Crippen LogP contribution in [0.1, 0.15) is 56.0 Å². The predicted octanol–water partition coefficient (Wildman–Crippen LogP) is 6.37. The largest absolute Gasteiger partial charge is 0.451 e. The number of nitrogens with one attached hydrogen (secondary N) is 3. The zero-order valence-corrected chi connectivity index (χ0v) is 22.3. The standard InChI is InChI=1S/C30H34F3N3O4/c1-19(18-34-23-11-13-24(14-12-23)39-30(32)33)35-28(37)25(17-20-5-3-2-4-6-20)36-29(38)27-16-15-26(40-27)21-7-9-22(31)10-8-21/h7-16,19-20,25,30,34H,2-6,17-18H2,1H3,(H,35,37)(H,36,38)/t19-,25-/m0/s1. The van der Waals surface area contributed by atoms with Crippen LogP contribution in [0.5, 0.6) is 5.75 Å². The van der Waals surface area contributed by atoms with E-state index in [2.05, 4.69) is 20.7 Å². The summed E-state index contributed by atoms with van der Waals surface area (Å²) in [4.78, 5) is 26.4. The summed E-state index contributed by atoms with van der Waals surface area (Å²) in [7, 11) is 0. The Morgan fingerprint density at radius 2 is 1.65 bits per heavy atom. The molecule has 1 heterocycles. The summed E-state index contributed by atoms with van der Waals surface area (Å²) in [5, 5.41) is 8.97. The lowest BCUT2D eigenvalue weighted by molar-refractivity contribution is -0.124. The van der Waals surface area contributed by atoms with Gasteiger partial charge in [0.1, 0.15) is 23.4 Å². The average molecular weight is 558 g/mol. The quantitative estimate of drug-likeness (QED) is 0.241. The highest BCUT2D eigenvalue weighted by atomic mass is 19.3. The van der Waals surface area contributed by atoms with E-state index in [4.69, 9.17) is 4.42 Å². The Morgan fingerprint density at radius 1 is 0.950 bits per heavy atom. The monoisotopic (exact) mass is 557 g/mol. The molecule has 3 aromatic rings. The molecular weight excluding hydrogens is 523 g/mol. The van der Waals surface area contributed by atoms with Gasteiger partial charge in [-0.05, 0) is 79.9 Å². The Kier molecular flexibility index (Phi) is 10.1. The van der Waals surface area contributed by atoms with Gasteiger partial charge in [0.15, 0.2) is 5.76 Å². The molecule has 0 bridgehead atoms. The van der Waals surface area contributed by atoms with Crippen LogP contribution in [0.3, 0.4) is 0 Å². The number of carbonyl (C=O) groups excluding carboxylic acids is 2. The van der Waals surface area contributed by atoms with Crippen LogP contribution in [0.25, 0.3) is 11.3 Å². The molecule has 2 atom stereocenters. The molecule has 7 nitrogen and oxygen atoms in total. The second-order valence-corrected chi connectivity index (χ2v) is 10.1. The third kappa shape index (κ3) is 8.53. The molecule has 1 aromatic heterocycles. The van der Waals surface area contributed by atoms with Crippen molar-refractivity contribution >= 4 is 17.5 Å². The van der Waals surface area contributed by atoms with Crippen LogP contribution in [0.2, 0.25) is 0 Å². The molecule has 0 spiro atoms. The maximum absolute atomic E-state index is 13.3.